The van der Waals surface area contributed by atoms with E-state index < -0.39 is 9.84 Å². The summed E-state index contributed by atoms with van der Waals surface area (Å²) in [6.45, 7) is 11.4. The van der Waals surface area contributed by atoms with Crippen molar-refractivity contribution in [2.45, 2.75) is 59.9 Å². The van der Waals surface area contributed by atoms with E-state index in [2.05, 4.69) is 33.0 Å². The van der Waals surface area contributed by atoms with E-state index in [9.17, 15) is 8.42 Å². The maximum absolute atomic E-state index is 11.5. The lowest BCUT2D eigenvalue weighted by atomic mass is 9.83. The van der Waals surface area contributed by atoms with Gasteiger partial charge >= 0.3 is 0 Å². The first-order valence-electron chi connectivity index (χ1n) is 6.66. The van der Waals surface area contributed by atoms with Crippen LogP contribution in [0.5, 0.6) is 0 Å². The first-order chi connectivity index (χ1) is 7.72. The monoisotopic (exact) mass is 263 g/mol. The van der Waals surface area contributed by atoms with Crippen LogP contribution in [-0.4, -0.2) is 32.5 Å². The zero-order valence-corrected chi connectivity index (χ0v) is 12.9. The molecular weight excluding hydrogens is 234 g/mol. The number of nitrogens with one attached hydrogen (secondary N) is 1. The van der Waals surface area contributed by atoms with Gasteiger partial charge in [0.15, 0.2) is 0 Å². The lowest BCUT2D eigenvalue weighted by Crippen LogP contribution is -2.32. The molecule has 0 amide bonds. The molecule has 3 nitrogen and oxygen atoms in total. The van der Waals surface area contributed by atoms with Crippen LogP contribution in [0.25, 0.3) is 0 Å². The minimum atomic E-state index is -2.83. The molecule has 0 spiro atoms. The van der Waals surface area contributed by atoms with Crippen molar-refractivity contribution in [2.75, 3.05) is 18.1 Å². The molecule has 0 radical (unpaired) electrons. The fraction of sp³-hybridized carbons (Fsp3) is 1.00. The number of hydrogen-bond donors (Lipinski definition) is 1. The molecule has 0 aliphatic carbocycles. The molecule has 0 saturated carbocycles. The summed E-state index contributed by atoms with van der Waals surface area (Å²) in [7, 11) is -2.83. The van der Waals surface area contributed by atoms with Gasteiger partial charge in [-0.2, -0.15) is 0 Å². The predicted molar refractivity (Wildman–Crippen MR) is 75.1 cm³/mol. The second-order valence-corrected chi connectivity index (χ2v) is 8.18. The van der Waals surface area contributed by atoms with Crippen LogP contribution in [0.1, 0.15) is 53.9 Å². The first-order valence-corrected chi connectivity index (χ1v) is 8.48. The van der Waals surface area contributed by atoms with Gasteiger partial charge in [-0.15, -0.1) is 0 Å². The summed E-state index contributed by atoms with van der Waals surface area (Å²) in [6, 6.07) is 0.453. The third-order valence-corrected chi connectivity index (χ3v) is 4.84. The van der Waals surface area contributed by atoms with Gasteiger partial charge in [0.1, 0.15) is 9.84 Å². The fourth-order valence-electron chi connectivity index (χ4n) is 1.97. The van der Waals surface area contributed by atoms with Crippen molar-refractivity contribution in [3.63, 3.8) is 0 Å². The minimum absolute atomic E-state index is 0.0857. The van der Waals surface area contributed by atoms with Crippen molar-refractivity contribution in [1.82, 2.24) is 5.32 Å². The van der Waals surface area contributed by atoms with E-state index in [-0.39, 0.29) is 11.2 Å². The van der Waals surface area contributed by atoms with Gasteiger partial charge < -0.3 is 5.32 Å². The maximum atomic E-state index is 11.5. The van der Waals surface area contributed by atoms with Crippen molar-refractivity contribution in [3.8, 4) is 0 Å². The molecule has 17 heavy (non-hydrogen) atoms. The Morgan fingerprint density at radius 2 is 1.82 bits per heavy atom. The molecule has 0 rings (SSSR count). The molecule has 0 bridgehead atoms. The van der Waals surface area contributed by atoms with Crippen molar-refractivity contribution < 1.29 is 8.42 Å². The average Bonchev–Trinajstić information content (AvgIpc) is 2.23. The maximum Gasteiger partial charge on any atom is 0.150 e. The first kappa shape index (κ1) is 16.9. The lowest BCUT2D eigenvalue weighted by molar-refractivity contribution is 0.280. The number of rotatable bonds is 9. The van der Waals surface area contributed by atoms with Crippen LogP contribution in [0.3, 0.4) is 0 Å². The Labute approximate surface area is 107 Å². The zero-order valence-electron chi connectivity index (χ0n) is 12.0. The van der Waals surface area contributed by atoms with Crippen LogP contribution in [0.2, 0.25) is 0 Å². The fourth-order valence-corrected chi connectivity index (χ4v) is 3.12. The van der Waals surface area contributed by atoms with Gasteiger partial charge in [-0.25, -0.2) is 8.42 Å². The van der Waals surface area contributed by atoms with Crippen molar-refractivity contribution in [1.29, 1.82) is 0 Å². The molecule has 0 saturated heterocycles. The smallest absolute Gasteiger partial charge is 0.150 e. The standard InChI is InChI=1S/C13H29NO2S/c1-6-9-14-12(3)11-13(4,5)8-10-17(15,16)7-2/h12,14H,6-11H2,1-5H3. The zero-order chi connectivity index (χ0) is 13.5. The van der Waals surface area contributed by atoms with E-state index in [0.29, 0.717) is 11.8 Å². The van der Waals surface area contributed by atoms with Gasteiger partial charge in [0.25, 0.3) is 0 Å². The largest absolute Gasteiger partial charge is 0.314 e. The Bertz CT molecular complexity index is 297. The van der Waals surface area contributed by atoms with E-state index in [1.807, 2.05) is 0 Å². The highest BCUT2D eigenvalue weighted by molar-refractivity contribution is 7.91. The normalized spacial score (nSPS) is 14.9. The van der Waals surface area contributed by atoms with Gasteiger partial charge in [0.2, 0.25) is 0 Å². The van der Waals surface area contributed by atoms with Gasteiger partial charge in [-0.05, 0) is 38.1 Å². The molecule has 0 heterocycles. The molecule has 4 heteroatoms. The Hall–Kier alpha value is -0.0900. The molecule has 1 atom stereocenters. The molecule has 0 aromatic carbocycles. The number of hydrogen-bond acceptors (Lipinski definition) is 3. The van der Waals surface area contributed by atoms with Gasteiger partial charge in [0.05, 0.1) is 5.75 Å². The third-order valence-electron chi connectivity index (χ3n) is 3.13. The Morgan fingerprint density at radius 1 is 1.24 bits per heavy atom. The van der Waals surface area contributed by atoms with Gasteiger partial charge in [-0.1, -0.05) is 27.7 Å². The topological polar surface area (TPSA) is 46.2 Å². The van der Waals surface area contributed by atoms with Crippen molar-refractivity contribution in [3.05, 3.63) is 0 Å². The van der Waals surface area contributed by atoms with E-state index in [0.717, 1.165) is 25.8 Å². The molecule has 104 valence electrons. The quantitative estimate of drug-likeness (QED) is 0.695. The second kappa shape index (κ2) is 7.37. The molecule has 0 fully saturated rings. The molecule has 1 unspecified atom stereocenters. The van der Waals surface area contributed by atoms with Gasteiger partial charge in [-0.3, -0.25) is 0 Å². The van der Waals surface area contributed by atoms with Crippen LogP contribution >= 0.6 is 0 Å². The van der Waals surface area contributed by atoms with Crippen LogP contribution in [0.15, 0.2) is 0 Å². The average molecular weight is 263 g/mol. The third kappa shape index (κ3) is 8.61. The molecule has 0 aliphatic rings. The summed E-state index contributed by atoms with van der Waals surface area (Å²) in [5, 5.41) is 3.45. The summed E-state index contributed by atoms with van der Waals surface area (Å²) in [4.78, 5) is 0. The van der Waals surface area contributed by atoms with Crippen LogP contribution in [-0.2, 0) is 9.84 Å². The van der Waals surface area contributed by atoms with Crippen molar-refractivity contribution in [2.24, 2.45) is 5.41 Å². The van der Waals surface area contributed by atoms with E-state index in [4.69, 9.17) is 0 Å². The molecule has 0 aromatic rings. The van der Waals surface area contributed by atoms with Gasteiger partial charge in [0, 0.05) is 11.8 Å². The van der Waals surface area contributed by atoms with E-state index in [1.165, 1.54) is 0 Å². The highest BCUT2D eigenvalue weighted by Crippen LogP contribution is 2.27. The second-order valence-electron chi connectivity index (χ2n) is 5.71. The lowest BCUT2D eigenvalue weighted by Gasteiger charge is -2.28. The Morgan fingerprint density at radius 3 is 2.29 bits per heavy atom. The van der Waals surface area contributed by atoms with Crippen LogP contribution in [0, 0.1) is 5.41 Å². The summed E-state index contributed by atoms with van der Waals surface area (Å²) in [5.74, 6) is 0.573. The highest BCUT2D eigenvalue weighted by atomic mass is 32.2. The molecule has 1 N–H and O–H groups in total. The Kier molecular flexibility index (Phi) is 7.33. The van der Waals surface area contributed by atoms with Crippen molar-refractivity contribution >= 4 is 9.84 Å². The minimum Gasteiger partial charge on any atom is -0.314 e. The van der Waals surface area contributed by atoms with E-state index in [1.54, 1.807) is 6.92 Å². The molecular formula is C13H29NO2S. The summed E-state index contributed by atoms with van der Waals surface area (Å²) in [5.41, 5.74) is 0.0857. The Balaban J connectivity index is 4.11. The summed E-state index contributed by atoms with van der Waals surface area (Å²) < 4.78 is 23.0. The molecule has 0 aliphatic heterocycles. The number of sulfone groups is 1. The SMILES string of the molecule is CCCNC(C)CC(C)(C)CCS(=O)(=O)CC. The van der Waals surface area contributed by atoms with E-state index >= 15 is 0 Å². The predicted octanol–water partition coefficient (Wildman–Crippen LogP) is 2.62. The van der Waals surface area contributed by atoms with Crippen LogP contribution in [0.4, 0.5) is 0 Å². The summed E-state index contributed by atoms with van der Waals surface area (Å²) >= 11 is 0. The molecule has 0 aromatic heterocycles. The highest BCUT2D eigenvalue weighted by Gasteiger charge is 2.23. The summed E-state index contributed by atoms with van der Waals surface area (Å²) in [6.07, 6.45) is 2.91. The van der Waals surface area contributed by atoms with Crippen LogP contribution < -0.4 is 5.32 Å².